The summed E-state index contributed by atoms with van der Waals surface area (Å²) in [5.74, 6) is 0.954. The summed E-state index contributed by atoms with van der Waals surface area (Å²) in [5, 5.41) is 4.43. The second-order valence-corrected chi connectivity index (χ2v) is 4.06. The lowest BCUT2D eigenvalue weighted by Crippen LogP contribution is -2.09. The lowest BCUT2D eigenvalue weighted by molar-refractivity contribution is 0.328. The summed E-state index contributed by atoms with van der Waals surface area (Å²) in [5.41, 5.74) is 9.53. The van der Waals surface area contributed by atoms with Crippen molar-refractivity contribution < 1.29 is 4.74 Å². The minimum Gasteiger partial charge on any atom is -0.476 e. The number of ether oxygens (including phenoxy) is 1. The molecule has 0 atom stereocenters. The summed E-state index contributed by atoms with van der Waals surface area (Å²) in [4.78, 5) is 8.20. The summed E-state index contributed by atoms with van der Waals surface area (Å²) in [6.07, 6.45) is 1.43. The van der Waals surface area contributed by atoms with Crippen molar-refractivity contribution in [2.75, 3.05) is 12.3 Å². The van der Waals surface area contributed by atoms with Crippen molar-refractivity contribution >= 4 is 5.69 Å². The molecule has 2 aromatic rings. The number of aromatic nitrogens is 4. The third-order valence-corrected chi connectivity index (χ3v) is 2.96. The van der Waals surface area contributed by atoms with E-state index < -0.39 is 0 Å². The summed E-state index contributed by atoms with van der Waals surface area (Å²) < 4.78 is 7.08. The maximum atomic E-state index is 6.02. The molecule has 2 heterocycles. The molecule has 0 saturated heterocycles. The molecule has 0 bridgehead atoms. The highest BCUT2D eigenvalue weighted by molar-refractivity contribution is 5.60. The van der Waals surface area contributed by atoms with Crippen LogP contribution in [0.1, 0.15) is 23.9 Å². The van der Waals surface area contributed by atoms with Gasteiger partial charge in [-0.15, -0.1) is 0 Å². The Bertz CT molecular complexity index is 576. The number of rotatable bonds is 3. The summed E-state index contributed by atoms with van der Waals surface area (Å²) in [6, 6.07) is 0. The number of nitrogens with zero attached hydrogens (tertiary/aromatic N) is 4. The third kappa shape index (κ3) is 1.90. The Morgan fingerprint density at radius 3 is 2.56 bits per heavy atom. The first kappa shape index (κ1) is 12.3. The molecule has 2 N–H and O–H groups in total. The van der Waals surface area contributed by atoms with Crippen molar-refractivity contribution in [1.82, 2.24) is 19.7 Å². The Labute approximate surface area is 106 Å². The molecule has 6 heteroatoms. The van der Waals surface area contributed by atoms with E-state index in [2.05, 4.69) is 15.1 Å². The van der Waals surface area contributed by atoms with Gasteiger partial charge in [0.15, 0.2) is 5.82 Å². The molecule has 0 aromatic carbocycles. The molecular weight excluding hydrogens is 230 g/mol. The van der Waals surface area contributed by atoms with E-state index in [1.165, 1.54) is 6.33 Å². The zero-order chi connectivity index (χ0) is 13.3. The second-order valence-electron chi connectivity index (χ2n) is 4.06. The average Bonchev–Trinajstić information content (AvgIpc) is 2.60. The first-order chi connectivity index (χ1) is 8.56. The molecular formula is C12H17N5O. The topological polar surface area (TPSA) is 78.9 Å². The number of nitrogens with two attached hydrogens (primary N) is 1. The van der Waals surface area contributed by atoms with Gasteiger partial charge in [-0.05, 0) is 33.3 Å². The molecule has 0 aliphatic carbocycles. The number of nitrogen functional groups attached to an aromatic ring is 1. The molecule has 0 fully saturated rings. The number of anilines is 1. The molecule has 2 aromatic heterocycles. The Kier molecular flexibility index (Phi) is 3.18. The Hall–Kier alpha value is -2.11. The average molecular weight is 247 g/mol. The molecule has 6 nitrogen and oxygen atoms in total. The van der Waals surface area contributed by atoms with Crippen LogP contribution in [0.25, 0.3) is 5.82 Å². The molecule has 96 valence electrons. The second kappa shape index (κ2) is 4.64. The number of hydrogen-bond acceptors (Lipinski definition) is 5. The van der Waals surface area contributed by atoms with E-state index >= 15 is 0 Å². The predicted octanol–water partition coefficient (Wildman–Crippen LogP) is 1.57. The highest BCUT2D eigenvalue weighted by Crippen LogP contribution is 2.25. The van der Waals surface area contributed by atoms with Crippen LogP contribution in [0.3, 0.4) is 0 Å². The lowest BCUT2D eigenvalue weighted by atomic mass is 10.2. The van der Waals surface area contributed by atoms with Gasteiger partial charge in [-0.1, -0.05) is 0 Å². The molecule has 0 unspecified atom stereocenters. The van der Waals surface area contributed by atoms with Crippen molar-refractivity contribution in [3.05, 3.63) is 23.3 Å². The molecule has 18 heavy (non-hydrogen) atoms. The van der Waals surface area contributed by atoms with Crippen molar-refractivity contribution in [2.45, 2.75) is 27.7 Å². The predicted molar refractivity (Wildman–Crippen MR) is 68.9 cm³/mol. The van der Waals surface area contributed by atoms with E-state index in [0.717, 1.165) is 17.0 Å². The monoisotopic (exact) mass is 247 g/mol. The van der Waals surface area contributed by atoms with Crippen molar-refractivity contribution in [1.29, 1.82) is 0 Å². The van der Waals surface area contributed by atoms with Gasteiger partial charge < -0.3 is 10.5 Å². The van der Waals surface area contributed by atoms with Gasteiger partial charge in [-0.25, -0.2) is 9.67 Å². The number of aryl methyl sites for hydroxylation is 1. The van der Waals surface area contributed by atoms with E-state index in [1.54, 1.807) is 4.68 Å². The fourth-order valence-electron chi connectivity index (χ4n) is 1.72. The molecule has 0 aliphatic rings. The van der Waals surface area contributed by atoms with Gasteiger partial charge in [0, 0.05) is 5.69 Å². The van der Waals surface area contributed by atoms with Crippen molar-refractivity contribution in [3.8, 4) is 11.7 Å². The third-order valence-electron chi connectivity index (χ3n) is 2.96. The quantitative estimate of drug-likeness (QED) is 0.890. The van der Waals surface area contributed by atoms with E-state index in [4.69, 9.17) is 10.5 Å². The highest BCUT2D eigenvalue weighted by Gasteiger charge is 2.15. The molecule has 0 amide bonds. The minimum absolute atomic E-state index is 0.396. The maximum absolute atomic E-state index is 6.02. The summed E-state index contributed by atoms with van der Waals surface area (Å²) in [7, 11) is 0. The largest absolute Gasteiger partial charge is 0.476 e. The van der Waals surface area contributed by atoms with Gasteiger partial charge in [0.2, 0.25) is 5.88 Å². The normalized spacial score (nSPS) is 10.7. The van der Waals surface area contributed by atoms with Gasteiger partial charge in [-0.2, -0.15) is 10.1 Å². The highest BCUT2D eigenvalue weighted by atomic mass is 16.5. The molecule has 2 rings (SSSR count). The maximum Gasteiger partial charge on any atom is 0.242 e. The van der Waals surface area contributed by atoms with E-state index in [-0.39, 0.29) is 0 Å². The van der Waals surface area contributed by atoms with Crippen LogP contribution in [-0.2, 0) is 0 Å². The Morgan fingerprint density at radius 2 is 2.00 bits per heavy atom. The fourth-order valence-corrected chi connectivity index (χ4v) is 1.72. The minimum atomic E-state index is 0.396. The van der Waals surface area contributed by atoms with Crippen LogP contribution in [0, 0.1) is 20.8 Å². The lowest BCUT2D eigenvalue weighted by Gasteiger charge is -2.10. The smallest absolute Gasteiger partial charge is 0.242 e. The fraction of sp³-hybridized carbons (Fsp3) is 0.417. The van der Waals surface area contributed by atoms with Gasteiger partial charge in [-0.3, -0.25) is 0 Å². The standard InChI is InChI=1S/C12H17N5O/c1-5-18-12-10(13)11(14-6-15-12)17-9(4)7(2)8(3)16-17/h6H,5,13H2,1-4H3. The van der Waals surface area contributed by atoms with Crippen LogP contribution in [0.4, 0.5) is 5.69 Å². The number of hydrogen-bond donors (Lipinski definition) is 1. The van der Waals surface area contributed by atoms with Crippen LogP contribution < -0.4 is 10.5 Å². The summed E-state index contributed by atoms with van der Waals surface area (Å²) in [6.45, 7) is 8.36. The zero-order valence-electron chi connectivity index (χ0n) is 11.1. The molecule has 0 radical (unpaired) electrons. The van der Waals surface area contributed by atoms with Gasteiger partial charge in [0.25, 0.3) is 0 Å². The Morgan fingerprint density at radius 1 is 1.28 bits per heavy atom. The van der Waals surface area contributed by atoms with Crippen LogP contribution in [0.5, 0.6) is 5.88 Å². The SMILES string of the molecule is CCOc1ncnc(-n2nc(C)c(C)c2C)c1N. The van der Waals surface area contributed by atoms with Crippen molar-refractivity contribution in [2.24, 2.45) is 0 Å². The van der Waals surface area contributed by atoms with Crippen LogP contribution in [0.2, 0.25) is 0 Å². The molecule has 0 saturated carbocycles. The zero-order valence-corrected chi connectivity index (χ0v) is 11.1. The van der Waals surface area contributed by atoms with Gasteiger partial charge in [0.1, 0.15) is 12.0 Å². The van der Waals surface area contributed by atoms with Crippen LogP contribution >= 0.6 is 0 Å². The molecule has 0 spiro atoms. The van der Waals surface area contributed by atoms with Gasteiger partial charge >= 0.3 is 0 Å². The van der Waals surface area contributed by atoms with E-state index in [1.807, 2.05) is 27.7 Å². The van der Waals surface area contributed by atoms with E-state index in [9.17, 15) is 0 Å². The van der Waals surface area contributed by atoms with Gasteiger partial charge in [0.05, 0.1) is 12.3 Å². The van der Waals surface area contributed by atoms with Crippen molar-refractivity contribution in [3.63, 3.8) is 0 Å². The van der Waals surface area contributed by atoms with Crippen LogP contribution in [-0.4, -0.2) is 26.4 Å². The van der Waals surface area contributed by atoms with Crippen LogP contribution in [0.15, 0.2) is 6.33 Å². The van der Waals surface area contributed by atoms with E-state index in [0.29, 0.717) is 24.0 Å². The first-order valence-corrected chi connectivity index (χ1v) is 5.82. The molecule has 0 aliphatic heterocycles. The first-order valence-electron chi connectivity index (χ1n) is 5.82. The Balaban J connectivity index is 2.57. The summed E-state index contributed by atoms with van der Waals surface area (Å²) >= 11 is 0.